The minimum atomic E-state index is 0.544. The number of anilines is 1. The molecular weight excluding hydrogens is 464 g/mol. The van der Waals surface area contributed by atoms with Crippen LogP contribution >= 0.6 is 0 Å². The molecule has 188 valence electrons. The molecule has 4 aromatic rings. The van der Waals surface area contributed by atoms with Gasteiger partial charge in [-0.25, -0.2) is 4.98 Å². The number of aryl methyl sites for hydroxylation is 1. The van der Waals surface area contributed by atoms with Gasteiger partial charge >= 0.3 is 0 Å². The Labute approximate surface area is 216 Å². The normalized spacial score (nSPS) is 13.7. The van der Waals surface area contributed by atoms with Crippen molar-refractivity contribution in [2.24, 2.45) is 0 Å². The predicted molar refractivity (Wildman–Crippen MR) is 143 cm³/mol. The SMILES string of the molecule is Cc1cc(C#N)ccc1-c1ccnc(NCc2cc(-c3ccc(OCCN4CCOCC4)cc3)[nH]n2)c1. The number of rotatable bonds is 9. The van der Waals surface area contributed by atoms with Crippen molar-refractivity contribution in [1.29, 1.82) is 5.26 Å². The lowest BCUT2D eigenvalue weighted by atomic mass is 9.99. The summed E-state index contributed by atoms with van der Waals surface area (Å²) >= 11 is 0. The van der Waals surface area contributed by atoms with Crippen molar-refractivity contribution >= 4 is 5.82 Å². The van der Waals surface area contributed by atoms with Crippen LogP contribution in [0.1, 0.15) is 16.8 Å². The lowest BCUT2D eigenvalue weighted by Crippen LogP contribution is -2.38. The summed E-state index contributed by atoms with van der Waals surface area (Å²) in [5.74, 6) is 1.63. The first kappa shape index (κ1) is 24.5. The molecule has 1 saturated heterocycles. The van der Waals surface area contributed by atoms with E-state index in [9.17, 15) is 0 Å². The topological polar surface area (TPSA) is 99.1 Å². The Morgan fingerprint density at radius 3 is 2.68 bits per heavy atom. The van der Waals surface area contributed by atoms with Gasteiger partial charge in [-0.15, -0.1) is 0 Å². The number of hydrogen-bond donors (Lipinski definition) is 2. The van der Waals surface area contributed by atoms with Crippen molar-refractivity contribution in [3.05, 3.63) is 83.7 Å². The summed E-state index contributed by atoms with van der Waals surface area (Å²) in [6.07, 6.45) is 1.79. The molecular formula is C29H30N6O2. The summed E-state index contributed by atoms with van der Waals surface area (Å²) in [7, 11) is 0. The van der Waals surface area contributed by atoms with Crippen LogP contribution in [-0.4, -0.2) is 59.5 Å². The van der Waals surface area contributed by atoms with E-state index in [1.807, 2.05) is 67.6 Å². The summed E-state index contributed by atoms with van der Waals surface area (Å²) < 4.78 is 11.3. The van der Waals surface area contributed by atoms with Gasteiger partial charge < -0.3 is 14.8 Å². The minimum Gasteiger partial charge on any atom is -0.492 e. The number of nitrogens with one attached hydrogen (secondary N) is 2. The quantitative estimate of drug-likeness (QED) is 0.350. The van der Waals surface area contributed by atoms with E-state index in [-0.39, 0.29) is 0 Å². The average Bonchev–Trinajstić information content (AvgIpc) is 3.42. The van der Waals surface area contributed by atoms with E-state index < -0.39 is 0 Å². The number of H-pyrrole nitrogens is 1. The van der Waals surface area contributed by atoms with E-state index >= 15 is 0 Å². The Bertz CT molecular complexity index is 1370. The maximum absolute atomic E-state index is 9.12. The molecule has 37 heavy (non-hydrogen) atoms. The number of ether oxygens (including phenoxy) is 2. The van der Waals surface area contributed by atoms with Gasteiger partial charge in [0.15, 0.2) is 0 Å². The molecule has 3 heterocycles. The maximum Gasteiger partial charge on any atom is 0.126 e. The molecule has 2 aromatic heterocycles. The third-order valence-electron chi connectivity index (χ3n) is 6.45. The fraction of sp³-hybridized carbons (Fsp3) is 0.276. The second-order valence-corrected chi connectivity index (χ2v) is 9.02. The summed E-state index contributed by atoms with van der Waals surface area (Å²) in [5, 5.41) is 20.1. The second-order valence-electron chi connectivity index (χ2n) is 9.02. The van der Waals surface area contributed by atoms with Gasteiger partial charge in [0.2, 0.25) is 0 Å². The zero-order valence-electron chi connectivity index (χ0n) is 20.9. The van der Waals surface area contributed by atoms with Gasteiger partial charge in [-0.3, -0.25) is 10.00 Å². The van der Waals surface area contributed by atoms with Crippen LogP contribution in [0.25, 0.3) is 22.4 Å². The Kier molecular flexibility index (Phi) is 7.75. The van der Waals surface area contributed by atoms with E-state index in [2.05, 4.69) is 31.5 Å². The minimum absolute atomic E-state index is 0.544. The number of aromatic amines is 1. The van der Waals surface area contributed by atoms with E-state index in [1.165, 1.54) is 0 Å². The average molecular weight is 495 g/mol. The number of nitrogens with zero attached hydrogens (tertiary/aromatic N) is 4. The zero-order chi connectivity index (χ0) is 25.5. The summed E-state index contributed by atoms with van der Waals surface area (Å²) in [5.41, 5.74) is 6.75. The first-order valence-corrected chi connectivity index (χ1v) is 12.5. The van der Waals surface area contributed by atoms with Gasteiger partial charge in [0, 0.05) is 25.8 Å². The summed E-state index contributed by atoms with van der Waals surface area (Å²) in [6, 6.07) is 22.0. The molecule has 0 spiro atoms. The molecule has 1 aliphatic rings. The van der Waals surface area contributed by atoms with Crippen molar-refractivity contribution in [2.45, 2.75) is 13.5 Å². The highest BCUT2D eigenvalue weighted by molar-refractivity contribution is 5.70. The number of benzene rings is 2. The largest absolute Gasteiger partial charge is 0.492 e. The highest BCUT2D eigenvalue weighted by atomic mass is 16.5. The third kappa shape index (κ3) is 6.33. The van der Waals surface area contributed by atoms with Crippen molar-refractivity contribution in [3.63, 3.8) is 0 Å². The van der Waals surface area contributed by atoms with Crippen LogP contribution in [0, 0.1) is 18.3 Å². The van der Waals surface area contributed by atoms with Gasteiger partial charge in [0.25, 0.3) is 0 Å². The van der Waals surface area contributed by atoms with Crippen LogP contribution in [-0.2, 0) is 11.3 Å². The van der Waals surface area contributed by atoms with Crippen molar-refractivity contribution in [2.75, 3.05) is 44.8 Å². The highest BCUT2D eigenvalue weighted by Crippen LogP contribution is 2.26. The van der Waals surface area contributed by atoms with Crippen LogP contribution < -0.4 is 10.1 Å². The lowest BCUT2D eigenvalue weighted by Gasteiger charge is -2.26. The van der Waals surface area contributed by atoms with Crippen LogP contribution in [0.5, 0.6) is 5.75 Å². The van der Waals surface area contributed by atoms with Gasteiger partial charge in [0.05, 0.1) is 42.8 Å². The molecule has 0 saturated carbocycles. The molecule has 5 rings (SSSR count). The molecule has 0 bridgehead atoms. The first-order valence-electron chi connectivity index (χ1n) is 12.5. The second kappa shape index (κ2) is 11.7. The number of pyridine rings is 1. The third-order valence-corrected chi connectivity index (χ3v) is 6.45. The molecule has 0 unspecified atom stereocenters. The molecule has 0 radical (unpaired) electrons. The summed E-state index contributed by atoms with van der Waals surface area (Å²) in [6.45, 7) is 7.68. The van der Waals surface area contributed by atoms with Crippen LogP contribution in [0.3, 0.4) is 0 Å². The molecule has 2 N–H and O–H groups in total. The lowest BCUT2D eigenvalue weighted by molar-refractivity contribution is 0.0322. The summed E-state index contributed by atoms with van der Waals surface area (Å²) in [4.78, 5) is 6.81. The van der Waals surface area contributed by atoms with Gasteiger partial charge in [0.1, 0.15) is 18.2 Å². The molecule has 8 heteroatoms. The van der Waals surface area contributed by atoms with E-state index in [0.717, 1.165) is 78.1 Å². The Hall–Kier alpha value is -4.19. The van der Waals surface area contributed by atoms with Crippen LogP contribution in [0.4, 0.5) is 5.82 Å². The number of hydrogen-bond acceptors (Lipinski definition) is 7. The smallest absolute Gasteiger partial charge is 0.126 e. The van der Waals surface area contributed by atoms with Gasteiger partial charge in [-0.1, -0.05) is 6.07 Å². The predicted octanol–water partition coefficient (Wildman–Crippen LogP) is 4.64. The fourth-order valence-electron chi connectivity index (χ4n) is 4.38. The first-order chi connectivity index (χ1) is 18.2. The van der Waals surface area contributed by atoms with Crippen LogP contribution in [0.2, 0.25) is 0 Å². The van der Waals surface area contributed by atoms with E-state index in [0.29, 0.717) is 18.7 Å². The highest BCUT2D eigenvalue weighted by Gasteiger charge is 2.10. The maximum atomic E-state index is 9.12. The number of morpholine rings is 1. The van der Waals surface area contributed by atoms with Crippen molar-refractivity contribution < 1.29 is 9.47 Å². The standard InChI is InChI=1S/C29H30N6O2/c1-21-16-22(19-30)2-7-27(21)24-8-9-31-29(17-24)32-20-25-18-28(34-33-25)23-3-5-26(6-4-23)37-15-12-35-10-13-36-14-11-35/h2-9,16-18H,10-15,20H2,1H3,(H,31,32)(H,33,34). The molecule has 2 aromatic carbocycles. The van der Waals surface area contributed by atoms with Crippen molar-refractivity contribution in [1.82, 2.24) is 20.1 Å². The fourth-order valence-corrected chi connectivity index (χ4v) is 4.38. The molecule has 0 atom stereocenters. The van der Waals surface area contributed by atoms with Crippen LogP contribution in [0.15, 0.2) is 66.9 Å². The zero-order valence-corrected chi connectivity index (χ0v) is 20.9. The number of aromatic nitrogens is 3. The Morgan fingerprint density at radius 2 is 1.89 bits per heavy atom. The number of nitriles is 1. The molecule has 1 fully saturated rings. The molecule has 0 amide bonds. The molecule has 1 aliphatic heterocycles. The Morgan fingerprint density at radius 1 is 1.05 bits per heavy atom. The van der Waals surface area contributed by atoms with E-state index in [4.69, 9.17) is 14.7 Å². The molecule has 0 aliphatic carbocycles. The monoisotopic (exact) mass is 494 g/mol. The van der Waals surface area contributed by atoms with Crippen molar-refractivity contribution in [3.8, 4) is 34.2 Å². The van der Waals surface area contributed by atoms with Gasteiger partial charge in [-0.05, 0) is 83.8 Å². The molecule has 8 nitrogen and oxygen atoms in total. The van der Waals surface area contributed by atoms with Gasteiger partial charge in [-0.2, -0.15) is 10.4 Å². The Balaban J connectivity index is 1.15. The van der Waals surface area contributed by atoms with E-state index in [1.54, 1.807) is 6.20 Å².